The molecular weight excluding hydrogens is 444 g/mol. The first-order chi connectivity index (χ1) is 14.3. The highest BCUT2D eigenvalue weighted by atomic mass is 35.5. The Hall–Kier alpha value is -2.14. The van der Waals surface area contributed by atoms with Crippen LogP contribution in [0.2, 0.25) is 10.0 Å². The molecule has 0 atom stereocenters. The van der Waals surface area contributed by atoms with E-state index in [0.717, 1.165) is 11.4 Å². The highest BCUT2D eigenvalue weighted by Crippen LogP contribution is 2.27. The second kappa shape index (κ2) is 8.54. The van der Waals surface area contributed by atoms with Crippen LogP contribution in [0.5, 0.6) is 0 Å². The molecule has 0 bridgehead atoms. The molecular formula is C18H17Cl2F3N6O. The molecule has 4 rings (SSSR count). The molecule has 0 fully saturated rings. The summed E-state index contributed by atoms with van der Waals surface area (Å²) < 4.78 is 46.9. The van der Waals surface area contributed by atoms with Crippen LogP contribution < -0.4 is 0 Å². The van der Waals surface area contributed by atoms with Crippen LogP contribution in [-0.2, 0) is 30.6 Å². The molecule has 0 saturated heterocycles. The normalized spacial score (nSPS) is 14.8. The second-order valence-electron chi connectivity index (χ2n) is 6.75. The van der Waals surface area contributed by atoms with Gasteiger partial charge in [0.25, 0.3) is 5.82 Å². The molecule has 7 nitrogen and oxygen atoms in total. The quantitative estimate of drug-likeness (QED) is 0.523. The molecule has 1 aliphatic rings. The zero-order valence-corrected chi connectivity index (χ0v) is 17.1. The average molecular weight is 461 g/mol. The Kier molecular flexibility index (Phi) is 6.01. The summed E-state index contributed by atoms with van der Waals surface area (Å²) in [4.78, 5) is 5.59. The highest BCUT2D eigenvalue weighted by molar-refractivity contribution is 6.42. The fourth-order valence-corrected chi connectivity index (χ4v) is 3.37. The zero-order chi connectivity index (χ0) is 21.3. The Morgan fingerprint density at radius 1 is 1.07 bits per heavy atom. The molecule has 0 radical (unpaired) electrons. The van der Waals surface area contributed by atoms with Crippen molar-refractivity contribution in [2.45, 2.75) is 25.9 Å². The SMILES string of the molecule is FC(F)(F)c1nc2n(n1)CCN(CCOCc1ccn(-c3ccc(Cl)c(Cl)c3)n1)C2. The number of halogens is 5. The number of alkyl halides is 3. The number of hydrogen-bond donors (Lipinski definition) is 0. The first-order valence-corrected chi connectivity index (χ1v) is 9.86. The number of nitrogens with zero attached hydrogens (tertiary/aromatic N) is 6. The number of fused-ring (bicyclic) bond motifs is 1. The minimum absolute atomic E-state index is 0.304. The van der Waals surface area contributed by atoms with E-state index in [4.69, 9.17) is 27.9 Å². The molecule has 0 saturated carbocycles. The largest absolute Gasteiger partial charge is 0.453 e. The van der Waals surface area contributed by atoms with E-state index in [0.29, 0.717) is 55.3 Å². The molecule has 160 valence electrons. The van der Waals surface area contributed by atoms with Gasteiger partial charge in [0.1, 0.15) is 5.82 Å². The van der Waals surface area contributed by atoms with Gasteiger partial charge in [-0.25, -0.2) is 14.3 Å². The molecule has 1 aliphatic heterocycles. The summed E-state index contributed by atoms with van der Waals surface area (Å²) >= 11 is 12.0. The highest BCUT2D eigenvalue weighted by Gasteiger charge is 2.37. The minimum Gasteiger partial charge on any atom is -0.374 e. The third kappa shape index (κ3) is 4.77. The summed E-state index contributed by atoms with van der Waals surface area (Å²) in [6, 6.07) is 7.07. The van der Waals surface area contributed by atoms with Gasteiger partial charge in [-0.15, -0.1) is 5.10 Å². The van der Waals surface area contributed by atoms with Crippen molar-refractivity contribution >= 4 is 23.2 Å². The third-order valence-corrected chi connectivity index (χ3v) is 5.35. The molecule has 3 aromatic rings. The number of benzene rings is 1. The van der Waals surface area contributed by atoms with Gasteiger partial charge in [0.15, 0.2) is 0 Å². The third-order valence-electron chi connectivity index (χ3n) is 4.61. The lowest BCUT2D eigenvalue weighted by molar-refractivity contribution is -0.145. The maximum absolute atomic E-state index is 12.7. The maximum Gasteiger partial charge on any atom is 0.453 e. The van der Waals surface area contributed by atoms with Crippen LogP contribution in [-0.4, -0.2) is 49.1 Å². The standard InChI is InChI=1S/C18H17Cl2F3N6O/c19-14-2-1-13(9-15(14)20)28-4-3-12(25-28)11-30-8-7-27-5-6-29-16(10-27)24-17(26-29)18(21,22)23/h1-4,9H,5-8,10-11H2. The van der Waals surface area contributed by atoms with Crippen LogP contribution in [0, 0.1) is 0 Å². The van der Waals surface area contributed by atoms with E-state index in [2.05, 4.69) is 15.2 Å². The van der Waals surface area contributed by atoms with Crippen molar-refractivity contribution in [3.63, 3.8) is 0 Å². The topological polar surface area (TPSA) is 61.0 Å². The zero-order valence-electron chi connectivity index (χ0n) is 15.6. The van der Waals surface area contributed by atoms with E-state index in [9.17, 15) is 13.2 Å². The molecule has 30 heavy (non-hydrogen) atoms. The van der Waals surface area contributed by atoms with Crippen LogP contribution in [0.3, 0.4) is 0 Å². The summed E-state index contributed by atoms with van der Waals surface area (Å²) in [5.41, 5.74) is 1.53. The fraction of sp³-hybridized carbons (Fsp3) is 0.389. The van der Waals surface area contributed by atoms with Crippen molar-refractivity contribution in [2.24, 2.45) is 0 Å². The van der Waals surface area contributed by atoms with E-state index in [1.807, 2.05) is 17.0 Å². The molecule has 0 spiro atoms. The summed E-state index contributed by atoms with van der Waals surface area (Å²) in [7, 11) is 0. The molecule has 0 amide bonds. The van der Waals surface area contributed by atoms with Crippen molar-refractivity contribution < 1.29 is 17.9 Å². The maximum atomic E-state index is 12.7. The Balaban J connectivity index is 1.25. The van der Waals surface area contributed by atoms with Gasteiger partial charge in [-0.2, -0.15) is 18.3 Å². The number of hydrogen-bond acceptors (Lipinski definition) is 5. The Morgan fingerprint density at radius 3 is 2.67 bits per heavy atom. The van der Waals surface area contributed by atoms with Crippen molar-refractivity contribution in [3.05, 3.63) is 57.9 Å². The number of rotatable bonds is 6. The minimum atomic E-state index is -4.53. The van der Waals surface area contributed by atoms with E-state index >= 15 is 0 Å². The summed E-state index contributed by atoms with van der Waals surface area (Å²) in [6.07, 6.45) is -2.73. The molecule has 1 aromatic carbocycles. The molecule has 12 heteroatoms. The predicted molar refractivity (Wildman–Crippen MR) is 104 cm³/mol. The van der Waals surface area contributed by atoms with Gasteiger partial charge < -0.3 is 4.74 Å². The Labute approximate surface area is 180 Å². The lowest BCUT2D eigenvalue weighted by atomic mass is 10.3. The second-order valence-corrected chi connectivity index (χ2v) is 7.57. The average Bonchev–Trinajstić information content (AvgIpc) is 3.34. The summed E-state index contributed by atoms with van der Waals surface area (Å²) in [5, 5.41) is 8.89. The fourth-order valence-electron chi connectivity index (χ4n) is 3.08. The first-order valence-electron chi connectivity index (χ1n) is 9.10. The van der Waals surface area contributed by atoms with Gasteiger partial charge in [-0.3, -0.25) is 4.90 Å². The number of ether oxygens (including phenoxy) is 1. The molecule has 2 aromatic heterocycles. The van der Waals surface area contributed by atoms with Crippen molar-refractivity contribution in [1.29, 1.82) is 0 Å². The van der Waals surface area contributed by atoms with Crippen LogP contribution in [0.1, 0.15) is 17.3 Å². The van der Waals surface area contributed by atoms with Crippen LogP contribution in [0.4, 0.5) is 13.2 Å². The van der Waals surface area contributed by atoms with Crippen molar-refractivity contribution in [3.8, 4) is 5.69 Å². The van der Waals surface area contributed by atoms with Crippen LogP contribution in [0.15, 0.2) is 30.5 Å². The van der Waals surface area contributed by atoms with Gasteiger partial charge in [0.2, 0.25) is 0 Å². The first kappa shape index (κ1) is 21.1. The van der Waals surface area contributed by atoms with Crippen molar-refractivity contribution in [1.82, 2.24) is 29.4 Å². The lowest BCUT2D eigenvalue weighted by Crippen LogP contribution is -2.36. The van der Waals surface area contributed by atoms with E-state index < -0.39 is 12.0 Å². The smallest absolute Gasteiger partial charge is 0.374 e. The van der Waals surface area contributed by atoms with Crippen molar-refractivity contribution in [2.75, 3.05) is 19.7 Å². The van der Waals surface area contributed by atoms with E-state index in [1.165, 1.54) is 4.68 Å². The van der Waals surface area contributed by atoms with Gasteiger partial charge in [-0.1, -0.05) is 23.2 Å². The number of aromatic nitrogens is 5. The Bertz CT molecular complexity index is 1040. The molecule has 0 N–H and O–H groups in total. The summed E-state index contributed by atoms with van der Waals surface area (Å²) in [6.45, 7) is 2.56. The van der Waals surface area contributed by atoms with E-state index in [1.54, 1.807) is 23.0 Å². The lowest BCUT2D eigenvalue weighted by Gasteiger charge is -2.26. The van der Waals surface area contributed by atoms with Gasteiger partial charge in [0.05, 0.1) is 47.7 Å². The van der Waals surface area contributed by atoms with E-state index in [-0.39, 0.29) is 0 Å². The van der Waals surface area contributed by atoms with Crippen LogP contribution in [0.25, 0.3) is 5.69 Å². The monoisotopic (exact) mass is 460 g/mol. The van der Waals surface area contributed by atoms with Crippen LogP contribution >= 0.6 is 23.2 Å². The summed E-state index contributed by atoms with van der Waals surface area (Å²) in [5.74, 6) is -0.776. The molecule has 0 unspecified atom stereocenters. The Morgan fingerprint density at radius 2 is 1.90 bits per heavy atom. The van der Waals surface area contributed by atoms with Gasteiger partial charge in [0, 0.05) is 19.3 Å². The molecule has 0 aliphatic carbocycles. The predicted octanol–water partition coefficient (Wildman–Crippen LogP) is 3.82. The van der Waals surface area contributed by atoms with Gasteiger partial charge >= 0.3 is 6.18 Å². The van der Waals surface area contributed by atoms with Gasteiger partial charge in [-0.05, 0) is 24.3 Å². The molecule has 3 heterocycles.